The molecule has 0 aliphatic carbocycles. The van der Waals surface area contributed by atoms with Crippen LogP contribution in [0.3, 0.4) is 0 Å². The minimum atomic E-state index is -4.97. The lowest BCUT2D eigenvalue weighted by atomic mass is 9.77. The Hall–Kier alpha value is -1.98. The van der Waals surface area contributed by atoms with E-state index in [2.05, 4.69) is 4.98 Å². The molecule has 0 atom stereocenters. The number of hydrogen-bond donors (Lipinski definition) is 0. The van der Waals surface area contributed by atoms with Crippen LogP contribution in [0.25, 0.3) is 0 Å². The van der Waals surface area contributed by atoms with E-state index in [1.807, 2.05) is 18.2 Å². The first kappa shape index (κ1) is 14.4. The second-order valence-electron chi connectivity index (χ2n) is 4.51. The topological polar surface area (TPSA) is 22.1 Å². The third-order valence-electron chi connectivity index (χ3n) is 2.95. The Morgan fingerprint density at radius 1 is 1.15 bits per heavy atom. The van der Waals surface area contributed by atoms with E-state index in [-0.39, 0.29) is 5.56 Å². The number of pyridine rings is 1. The minimum Gasteiger partial charge on any atom is -0.493 e. The van der Waals surface area contributed by atoms with Gasteiger partial charge in [0.25, 0.3) is 0 Å². The Kier molecular flexibility index (Phi) is 4.32. The lowest BCUT2D eigenvalue weighted by Crippen LogP contribution is -2.35. The maximum atomic E-state index is 12.7. The van der Waals surface area contributed by atoms with Crippen LogP contribution < -0.4 is 10.2 Å². The summed E-state index contributed by atoms with van der Waals surface area (Å²) in [6, 6.07) is 9.44. The van der Waals surface area contributed by atoms with Crippen LogP contribution in [0, 0.1) is 6.92 Å². The van der Waals surface area contributed by atoms with Gasteiger partial charge in [0.1, 0.15) is 5.75 Å². The molecule has 0 aliphatic heterocycles. The van der Waals surface area contributed by atoms with Crippen molar-refractivity contribution in [1.82, 2.24) is 4.98 Å². The smallest absolute Gasteiger partial charge is 0.493 e. The van der Waals surface area contributed by atoms with Gasteiger partial charge in [0.05, 0.1) is 6.61 Å². The largest absolute Gasteiger partial charge is 0.509 e. The molecule has 0 amide bonds. The number of aryl methyl sites for hydroxylation is 1. The van der Waals surface area contributed by atoms with E-state index >= 15 is 0 Å². The van der Waals surface area contributed by atoms with Crippen molar-refractivity contribution in [3.63, 3.8) is 0 Å². The maximum Gasteiger partial charge on any atom is 0.509 e. The van der Waals surface area contributed by atoms with Gasteiger partial charge in [-0.1, -0.05) is 17.7 Å². The molecule has 0 bridgehead atoms. The first-order chi connectivity index (χ1) is 9.47. The average Bonchev–Trinajstić information content (AvgIpc) is 2.38. The zero-order chi connectivity index (χ0) is 14.6. The molecule has 0 spiro atoms. The summed E-state index contributed by atoms with van der Waals surface area (Å²) in [5.74, 6) is 0.447. The highest BCUT2D eigenvalue weighted by Gasteiger charge is 2.27. The summed E-state index contributed by atoms with van der Waals surface area (Å²) in [5, 5.41) is 0. The Morgan fingerprint density at radius 2 is 1.95 bits per heavy atom. The molecule has 0 fully saturated rings. The third kappa shape index (κ3) is 3.76. The zero-order valence-corrected chi connectivity index (χ0v) is 11.0. The van der Waals surface area contributed by atoms with E-state index in [1.54, 1.807) is 6.20 Å². The SMILES string of the molecule is Cc1cc(OCCc2ccccn2)ccc1[B-](F)(F)F. The number of hydrogen-bond acceptors (Lipinski definition) is 2. The summed E-state index contributed by atoms with van der Waals surface area (Å²) in [6.07, 6.45) is 2.31. The fourth-order valence-electron chi connectivity index (χ4n) is 1.92. The van der Waals surface area contributed by atoms with Gasteiger partial charge < -0.3 is 17.7 Å². The van der Waals surface area contributed by atoms with Crippen molar-refractivity contribution < 1.29 is 17.7 Å². The van der Waals surface area contributed by atoms with Gasteiger partial charge in [-0.05, 0) is 31.2 Å². The van der Waals surface area contributed by atoms with Gasteiger partial charge in [0.15, 0.2) is 0 Å². The van der Waals surface area contributed by atoms with E-state index in [1.165, 1.54) is 19.1 Å². The van der Waals surface area contributed by atoms with Crippen LogP contribution in [0.4, 0.5) is 12.9 Å². The van der Waals surface area contributed by atoms with Crippen LogP contribution in [0.2, 0.25) is 0 Å². The molecule has 0 unspecified atom stereocenters. The molecule has 1 heterocycles. The fraction of sp³-hybridized carbons (Fsp3) is 0.214. The van der Waals surface area contributed by atoms with E-state index < -0.39 is 12.4 Å². The van der Waals surface area contributed by atoms with Crippen molar-refractivity contribution >= 4 is 12.4 Å². The lowest BCUT2D eigenvalue weighted by Gasteiger charge is -2.18. The number of aromatic nitrogens is 1. The van der Waals surface area contributed by atoms with Crippen molar-refractivity contribution in [2.24, 2.45) is 0 Å². The highest BCUT2D eigenvalue weighted by atomic mass is 19.4. The third-order valence-corrected chi connectivity index (χ3v) is 2.95. The second-order valence-corrected chi connectivity index (χ2v) is 4.51. The number of nitrogens with zero attached hydrogens (tertiary/aromatic N) is 1. The zero-order valence-electron chi connectivity index (χ0n) is 11.0. The molecule has 6 heteroatoms. The summed E-state index contributed by atoms with van der Waals surface area (Å²) >= 11 is 0. The Bertz CT molecular complexity index is 572. The van der Waals surface area contributed by atoms with Gasteiger partial charge in [-0.25, -0.2) is 0 Å². The van der Waals surface area contributed by atoms with Crippen LogP contribution in [0.15, 0.2) is 42.6 Å². The molecular weight excluding hydrogens is 266 g/mol. The predicted octanol–water partition coefficient (Wildman–Crippen LogP) is 3.07. The summed E-state index contributed by atoms with van der Waals surface area (Å²) in [7, 11) is 0. The molecule has 0 saturated carbocycles. The molecule has 0 radical (unpaired) electrons. The van der Waals surface area contributed by atoms with Crippen molar-refractivity contribution in [3.8, 4) is 5.75 Å². The molecule has 0 saturated heterocycles. The van der Waals surface area contributed by atoms with E-state index in [0.717, 1.165) is 11.8 Å². The molecule has 2 rings (SSSR count). The van der Waals surface area contributed by atoms with Crippen molar-refractivity contribution in [2.75, 3.05) is 6.61 Å². The summed E-state index contributed by atoms with van der Waals surface area (Å²) in [4.78, 5) is 4.15. The molecule has 2 aromatic rings. The standard InChI is InChI=1S/C14H14BF3NO/c1-11-10-13(5-6-14(11)15(16,17)18)20-9-7-12-4-2-3-8-19-12/h2-6,8,10H,7,9H2,1H3/q-1. The first-order valence-electron chi connectivity index (χ1n) is 6.30. The van der Waals surface area contributed by atoms with Crippen molar-refractivity contribution in [2.45, 2.75) is 13.3 Å². The monoisotopic (exact) mass is 280 g/mol. The van der Waals surface area contributed by atoms with Crippen LogP contribution >= 0.6 is 0 Å². The average molecular weight is 280 g/mol. The Balaban J connectivity index is 1.96. The summed E-state index contributed by atoms with van der Waals surface area (Å²) < 4.78 is 43.5. The Labute approximate surface area is 115 Å². The van der Waals surface area contributed by atoms with E-state index in [0.29, 0.717) is 18.8 Å². The van der Waals surface area contributed by atoms with E-state index in [4.69, 9.17) is 4.74 Å². The number of benzene rings is 1. The first-order valence-corrected chi connectivity index (χ1v) is 6.30. The molecule has 1 aromatic carbocycles. The van der Waals surface area contributed by atoms with Gasteiger partial charge in [-0.15, -0.1) is 5.46 Å². The van der Waals surface area contributed by atoms with Crippen LogP contribution in [-0.4, -0.2) is 18.6 Å². The molecule has 20 heavy (non-hydrogen) atoms. The van der Waals surface area contributed by atoms with E-state index in [9.17, 15) is 12.9 Å². The van der Waals surface area contributed by atoms with Gasteiger partial charge in [-0.2, -0.15) is 0 Å². The molecule has 0 N–H and O–H groups in total. The highest BCUT2D eigenvalue weighted by molar-refractivity contribution is 6.74. The van der Waals surface area contributed by atoms with Gasteiger partial charge in [0.2, 0.25) is 0 Å². The molecule has 0 aliphatic rings. The highest BCUT2D eigenvalue weighted by Crippen LogP contribution is 2.17. The van der Waals surface area contributed by atoms with Gasteiger partial charge in [-0.3, -0.25) is 4.98 Å². The van der Waals surface area contributed by atoms with Crippen LogP contribution in [0.5, 0.6) is 5.75 Å². The second kappa shape index (κ2) is 5.99. The number of ether oxygens (including phenoxy) is 1. The minimum absolute atomic E-state index is 0.188. The van der Waals surface area contributed by atoms with Crippen LogP contribution in [-0.2, 0) is 6.42 Å². The quantitative estimate of drug-likeness (QED) is 0.785. The maximum absolute atomic E-state index is 12.7. The van der Waals surface area contributed by atoms with Gasteiger partial charge >= 0.3 is 6.98 Å². The Morgan fingerprint density at radius 3 is 2.55 bits per heavy atom. The fourth-order valence-corrected chi connectivity index (χ4v) is 1.92. The van der Waals surface area contributed by atoms with Gasteiger partial charge in [0, 0.05) is 18.3 Å². The van der Waals surface area contributed by atoms with Crippen LogP contribution in [0.1, 0.15) is 11.3 Å². The normalized spacial score (nSPS) is 11.4. The molecular formula is C14H14BF3NO-. The summed E-state index contributed by atoms with van der Waals surface area (Å²) in [6.45, 7) is -3.14. The predicted molar refractivity (Wildman–Crippen MR) is 73.3 cm³/mol. The molecule has 106 valence electrons. The van der Waals surface area contributed by atoms with Crippen molar-refractivity contribution in [3.05, 3.63) is 53.9 Å². The van der Waals surface area contributed by atoms with Crippen molar-refractivity contribution in [1.29, 1.82) is 0 Å². The molecule has 2 nitrogen and oxygen atoms in total. The summed E-state index contributed by atoms with van der Waals surface area (Å²) in [5.41, 5.74) is 0.509. The molecule has 1 aromatic heterocycles. The number of halogens is 3. The lowest BCUT2D eigenvalue weighted by molar-refractivity contribution is 0.320. The number of rotatable bonds is 5.